The summed E-state index contributed by atoms with van der Waals surface area (Å²) in [6, 6.07) is 1.01. The van der Waals surface area contributed by atoms with E-state index in [2.05, 4.69) is 0 Å². The van der Waals surface area contributed by atoms with Crippen LogP contribution in [-0.2, 0) is 9.53 Å². The van der Waals surface area contributed by atoms with Crippen molar-refractivity contribution in [2.45, 2.75) is 12.8 Å². The van der Waals surface area contributed by atoms with E-state index in [9.17, 15) is 29.7 Å². The fraction of sp³-hybridized carbons (Fsp3) is 0.267. The minimum Gasteiger partial charge on any atom is -0.507 e. The van der Waals surface area contributed by atoms with Gasteiger partial charge in [-0.15, -0.1) is 0 Å². The van der Waals surface area contributed by atoms with Gasteiger partial charge in [0.2, 0.25) is 5.78 Å². The summed E-state index contributed by atoms with van der Waals surface area (Å²) in [5, 5.41) is 29.6. The Morgan fingerprint density at radius 3 is 2.41 bits per heavy atom. The molecule has 0 radical (unpaired) electrons. The third-order valence-corrected chi connectivity index (χ3v) is 3.54. The zero-order valence-corrected chi connectivity index (χ0v) is 11.9. The van der Waals surface area contributed by atoms with Crippen molar-refractivity contribution in [1.82, 2.24) is 0 Å². The second-order valence-corrected chi connectivity index (χ2v) is 4.84. The summed E-state index contributed by atoms with van der Waals surface area (Å²) >= 11 is 0. The summed E-state index contributed by atoms with van der Waals surface area (Å²) in [4.78, 5) is 35.7. The largest absolute Gasteiger partial charge is 0.507 e. The molecule has 22 heavy (non-hydrogen) atoms. The fourth-order valence-corrected chi connectivity index (χ4v) is 2.39. The van der Waals surface area contributed by atoms with Crippen LogP contribution in [0, 0.1) is 0 Å². The van der Waals surface area contributed by atoms with Gasteiger partial charge in [-0.2, -0.15) is 0 Å². The summed E-state index contributed by atoms with van der Waals surface area (Å²) in [5.74, 6) is -4.52. The van der Waals surface area contributed by atoms with Crippen LogP contribution in [0.5, 0.6) is 11.5 Å². The molecule has 116 valence electrons. The van der Waals surface area contributed by atoms with Crippen molar-refractivity contribution in [2.24, 2.45) is 0 Å². The molecule has 1 unspecified atom stereocenters. The molecule has 0 amide bonds. The highest BCUT2D eigenvalue weighted by molar-refractivity contribution is 6.26. The van der Waals surface area contributed by atoms with E-state index in [1.807, 2.05) is 0 Å². The zero-order valence-electron chi connectivity index (χ0n) is 11.9. The predicted molar refractivity (Wildman–Crippen MR) is 74.0 cm³/mol. The number of Topliss-reactive ketones (excluding diaryl/α,β-unsaturated/α-hetero) is 2. The number of allylic oxidation sites excluding steroid dienone is 2. The molecule has 1 aliphatic carbocycles. The Balaban J connectivity index is 2.76. The number of rotatable bonds is 4. The maximum Gasteiger partial charge on any atom is 0.232 e. The van der Waals surface area contributed by atoms with Crippen molar-refractivity contribution >= 4 is 17.3 Å². The maximum absolute atomic E-state index is 12.2. The van der Waals surface area contributed by atoms with E-state index in [0.29, 0.717) is 0 Å². The quantitative estimate of drug-likeness (QED) is 0.699. The van der Waals surface area contributed by atoms with Gasteiger partial charge < -0.3 is 20.1 Å². The highest BCUT2D eigenvalue weighted by atomic mass is 16.5. The molecule has 1 atom stereocenters. The standard InChI is InChI=1S/C15H14O7/c1-6(17)8(5-16)7-3-9(18)12-10(19)4-11(22-2)15(21)13(12)14(7)20/h3-4,8,16,18,20H,5H2,1-2H3. The average Bonchev–Trinajstić information content (AvgIpc) is 2.46. The molecule has 2 rings (SSSR count). The van der Waals surface area contributed by atoms with Gasteiger partial charge in [0.1, 0.15) is 17.3 Å². The Hall–Kier alpha value is -2.67. The SMILES string of the molecule is COC1=CC(=O)c2c(O)cc(C(CO)C(C)=O)c(O)c2C1=O. The van der Waals surface area contributed by atoms with Crippen LogP contribution in [0.1, 0.15) is 39.1 Å². The Bertz CT molecular complexity index is 715. The first kappa shape index (κ1) is 15.7. The van der Waals surface area contributed by atoms with Crippen molar-refractivity contribution in [1.29, 1.82) is 0 Å². The Morgan fingerprint density at radius 2 is 1.91 bits per heavy atom. The highest BCUT2D eigenvalue weighted by Crippen LogP contribution is 2.40. The zero-order chi connectivity index (χ0) is 16.6. The number of phenolic OH excluding ortho intramolecular Hbond substituents is 2. The summed E-state index contributed by atoms with van der Waals surface area (Å²) < 4.78 is 4.78. The van der Waals surface area contributed by atoms with Crippen molar-refractivity contribution in [3.05, 3.63) is 34.6 Å². The first-order valence-corrected chi connectivity index (χ1v) is 6.38. The van der Waals surface area contributed by atoms with Gasteiger partial charge in [-0.3, -0.25) is 14.4 Å². The molecule has 0 spiro atoms. The van der Waals surface area contributed by atoms with Crippen molar-refractivity contribution < 1.29 is 34.4 Å². The van der Waals surface area contributed by atoms with E-state index >= 15 is 0 Å². The van der Waals surface area contributed by atoms with Crippen LogP contribution >= 0.6 is 0 Å². The molecule has 1 aliphatic rings. The summed E-state index contributed by atoms with van der Waals surface area (Å²) in [6.07, 6.45) is 0.915. The lowest BCUT2D eigenvalue weighted by atomic mass is 9.85. The number of carbonyl (C=O) groups is 3. The summed E-state index contributed by atoms with van der Waals surface area (Å²) in [7, 11) is 1.19. The first-order valence-electron chi connectivity index (χ1n) is 6.38. The Labute approximate surface area is 125 Å². The molecule has 3 N–H and O–H groups in total. The monoisotopic (exact) mass is 306 g/mol. The van der Waals surface area contributed by atoms with Crippen LogP contribution in [0.15, 0.2) is 17.9 Å². The maximum atomic E-state index is 12.2. The van der Waals surface area contributed by atoms with Crippen LogP contribution in [0.4, 0.5) is 0 Å². The Kier molecular flexibility index (Phi) is 4.01. The van der Waals surface area contributed by atoms with Gasteiger partial charge in [-0.25, -0.2) is 0 Å². The van der Waals surface area contributed by atoms with Gasteiger partial charge in [0.05, 0.1) is 30.8 Å². The third-order valence-electron chi connectivity index (χ3n) is 3.54. The minimum absolute atomic E-state index is 0.121. The molecular weight excluding hydrogens is 292 g/mol. The lowest BCUT2D eigenvalue weighted by Crippen LogP contribution is -2.21. The number of phenols is 2. The number of benzene rings is 1. The summed E-state index contributed by atoms with van der Waals surface area (Å²) in [6.45, 7) is 0.584. The summed E-state index contributed by atoms with van der Waals surface area (Å²) in [5.41, 5.74) is -0.906. The molecule has 0 saturated heterocycles. The minimum atomic E-state index is -1.11. The molecule has 0 fully saturated rings. The van der Waals surface area contributed by atoms with E-state index in [4.69, 9.17) is 4.74 Å². The fourth-order valence-electron chi connectivity index (χ4n) is 2.39. The topological polar surface area (TPSA) is 121 Å². The van der Waals surface area contributed by atoms with Crippen LogP contribution in [0.3, 0.4) is 0 Å². The molecular formula is C15H14O7. The van der Waals surface area contributed by atoms with E-state index in [1.165, 1.54) is 14.0 Å². The van der Waals surface area contributed by atoms with E-state index in [-0.39, 0.29) is 16.9 Å². The molecule has 0 aromatic heterocycles. The van der Waals surface area contributed by atoms with E-state index < -0.39 is 46.9 Å². The van der Waals surface area contributed by atoms with Crippen LogP contribution in [0.25, 0.3) is 0 Å². The molecule has 1 aromatic carbocycles. The van der Waals surface area contributed by atoms with Crippen LogP contribution < -0.4 is 0 Å². The van der Waals surface area contributed by atoms with Crippen LogP contribution in [-0.4, -0.2) is 46.4 Å². The first-order chi connectivity index (χ1) is 10.3. The number of hydrogen-bond acceptors (Lipinski definition) is 7. The van der Waals surface area contributed by atoms with Gasteiger partial charge in [-0.1, -0.05) is 0 Å². The number of fused-ring (bicyclic) bond motifs is 1. The second-order valence-electron chi connectivity index (χ2n) is 4.84. The van der Waals surface area contributed by atoms with Gasteiger partial charge in [-0.05, 0) is 13.0 Å². The van der Waals surface area contributed by atoms with Gasteiger partial charge in [0.25, 0.3) is 0 Å². The normalized spacial score (nSPS) is 15.1. The number of aromatic hydroxyl groups is 2. The lowest BCUT2D eigenvalue weighted by molar-refractivity contribution is -0.119. The Morgan fingerprint density at radius 1 is 1.27 bits per heavy atom. The van der Waals surface area contributed by atoms with Crippen molar-refractivity contribution in [3.8, 4) is 11.5 Å². The van der Waals surface area contributed by atoms with E-state index in [0.717, 1.165) is 12.1 Å². The number of ether oxygens (including phenoxy) is 1. The smallest absolute Gasteiger partial charge is 0.232 e. The van der Waals surface area contributed by atoms with Gasteiger partial charge in [0, 0.05) is 11.6 Å². The number of ketones is 3. The van der Waals surface area contributed by atoms with Crippen molar-refractivity contribution in [2.75, 3.05) is 13.7 Å². The van der Waals surface area contributed by atoms with Gasteiger partial charge in [0.15, 0.2) is 11.5 Å². The predicted octanol–water partition coefficient (Wildman–Crippen LogP) is 0.672. The molecule has 0 saturated carbocycles. The highest BCUT2D eigenvalue weighted by Gasteiger charge is 2.35. The second kappa shape index (κ2) is 5.61. The molecule has 7 nitrogen and oxygen atoms in total. The molecule has 0 heterocycles. The molecule has 1 aromatic rings. The molecule has 7 heteroatoms. The van der Waals surface area contributed by atoms with Gasteiger partial charge >= 0.3 is 0 Å². The number of hydrogen-bond donors (Lipinski definition) is 3. The third kappa shape index (κ3) is 2.25. The number of methoxy groups -OCH3 is 1. The molecule has 0 aliphatic heterocycles. The van der Waals surface area contributed by atoms with E-state index in [1.54, 1.807) is 0 Å². The van der Waals surface area contributed by atoms with Crippen LogP contribution in [0.2, 0.25) is 0 Å². The number of aliphatic hydroxyl groups is 1. The molecule has 0 bridgehead atoms. The lowest BCUT2D eigenvalue weighted by Gasteiger charge is -2.21. The average molecular weight is 306 g/mol. The van der Waals surface area contributed by atoms with Crippen molar-refractivity contribution in [3.63, 3.8) is 0 Å². The number of aliphatic hydroxyl groups excluding tert-OH is 1. The number of carbonyl (C=O) groups excluding carboxylic acids is 3.